The molecule has 0 aliphatic heterocycles. The van der Waals surface area contributed by atoms with E-state index in [2.05, 4.69) is 15.1 Å². The molecular weight excluding hydrogens is 258 g/mol. The quantitative estimate of drug-likeness (QED) is 0.482. The van der Waals surface area contributed by atoms with Crippen molar-refractivity contribution >= 4 is 17.3 Å². The largest absolute Gasteiger partial charge is 0.334 e. The molecule has 0 atom stereocenters. The van der Waals surface area contributed by atoms with E-state index in [1.807, 2.05) is 6.92 Å². The van der Waals surface area contributed by atoms with Crippen molar-refractivity contribution < 1.29 is 4.92 Å². The lowest BCUT2D eigenvalue weighted by atomic mass is 10.2. The number of aromatic nitrogens is 4. The van der Waals surface area contributed by atoms with Gasteiger partial charge in [-0.25, -0.2) is 9.97 Å². The predicted molar refractivity (Wildman–Crippen MR) is 65.2 cm³/mol. The SMILES string of the molecule is CCCn1nccc1-c1ncnc(Cl)c1[N+](=O)[O-]. The Hall–Kier alpha value is -2.02. The minimum absolute atomic E-state index is 0.172. The molecular formula is C10H10ClN5O2. The molecule has 2 aromatic rings. The molecule has 0 fully saturated rings. The lowest BCUT2D eigenvalue weighted by molar-refractivity contribution is -0.384. The maximum Gasteiger partial charge on any atom is 0.334 e. The molecule has 2 heterocycles. The molecule has 2 rings (SSSR count). The second kappa shape index (κ2) is 5.09. The summed E-state index contributed by atoms with van der Waals surface area (Å²) in [5, 5.41) is 14.9. The van der Waals surface area contributed by atoms with Crippen LogP contribution >= 0.6 is 11.6 Å². The highest BCUT2D eigenvalue weighted by atomic mass is 35.5. The van der Waals surface area contributed by atoms with Gasteiger partial charge in [-0.05, 0) is 12.5 Å². The summed E-state index contributed by atoms with van der Waals surface area (Å²) in [6.07, 6.45) is 3.64. The van der Waals surface area contributed by atoms with Crippen LogP contribution in [-0.4, -0.2) is 24.7 Å². The smallest absolute Gasteiger partial charge is 0.263 e. The number of nitro groups is 1. The Bertz CT molecular complexity index is 583. The summed E-state index contributed by atoms with van der Waals surface area (Å²) in [6, 6.07) is 1.67. The van der Waals surface area contributed by atoms with Gasteiger partial charge in [-0.2, -0.15) is 5.10 Å². The zero-order chi connectivity index (χ0) is 13.1. The lowest BCUT2D eigenvalue weighted by Gasteiger charge is -2.06. The molecule has 0 aliphatic carbocycles. The van der Waals surface area contributed by atoms with Gasteiger partial charge in [-0.15, -0.1) is 0 Å². The number of aryl methyl sites for hydroxylation is 1. The van der Waals surface area contributed by atoms with Gasteiger partial charge >= 0.3 is 5.69 Å². The molecule has 2 aromatic heterocycles. The van der Waals surface area contributed by atoms with Crippen LogP contribution in [0.5, 0.6) is 0 Å². The zero-order valence-corrected chi connectivity index (χ0v) is 10.3. The van der Waals surface area contributed by atoms with Crippen LogP contribution in [0.4, 0.5) is 5.69 Å². The summed E-state index contributed by atoms with van der Waals surface area (Å²) in [5.74, 6) is 0. The van der Waals surface area contributed by atoms with Gasteiger partial charge in [0.1, 0.15) is 6.33 Å². The number of rotatable bonds is 4. The zero-order valence-electron chi connectivity index (χ0n) is 9.58. The maximum absolute atomic E-state index is 11.0. The molecule has 0 saturated heterocycles. The van der Waals surface area contributed by atoms with Crippen molar-refractivity contribution in [2.45, 2.75) is 19.9 Å². The van der Waals surface area contributed by atoms with Gasteiger partial charge in [-0.1, -0.05) is 18.5 Å². The van der Waals surface area contributed by atoms with Crippen molar-refractivity contribution in [3.05, 3.63) is 33.9 Å². The van der Waals surface area contributed by atoms with Gasteiger partial charge in [-0.3, -0.25) is 14.8 Å². The average Bonchev–Trinajstić information content (AvgIpc) is 2.76. The number of nitrogens with zero attached hydrogens (tertiary/aromatic N) is 5. The van der Waals surface area contributed by atoms with E-state index in [0.29, 0.717) is 12.2 Å². The van der Waals surface area contributed by atoms with Crippen LogP contribution in [0, 0.1) is 10.1 Å². The minimum Gasteiger partial charge on any atom is -0.263 e. The number of halogens is 1. The first-order valence-corrected chi connectivity index (χ1v) is 5.70. The van der Waals surface area contributed by atoms with Crippen LogP contribution in [0.3, 0.4) is 0 Å². The molecule has 0 aromatic carbocycles. The van der Waals surface area contributed by atoms with Gasteiger partial charge in [0.2, 0.25) is 5.15 Å². The highest BCUT2D eigenvalue weighted by Gasteiger charge is 2.24. The monoisotopic (exact) mass is 267 g/mol. The normalized spacial score (nSPS) is 10.6. The molecule has 0 N–H and O–H groups in total. The van der Waals surface area contributed by atoms with Crippen LogP contribution in [0.15, 0.2) is 18.6 Å². The minimum atomic E-state index is -0.582. The van der Waals surface area contributed by atoms with E-state index in [9.17, 15) is 10.1 Å². The Morgan fingerprint density at radius 2 is 2.28 bits per heavy atom. The summed E-state index contributed by atoms with van der Waals surface area (Å²) < 4.78 is 1.66. The van der Waals surface area contributed by atoms with E-state index in [1.54, 1.807) is 16.9 Å². The molecule has 0 spiro atoms. The topological polar surface area (TPSA) is 86.7 Å². The molecule has 0 radical (unpaired) electrons. The van der Waals surface area contributed by atoms with Crippen LogP contribution < -0.4 is 0 Å². The summed E-state index contributed by atoms with van der Waals surface area (Å²) in [6.45, 7) is 2.65. The molecule has 0 amide bonds. The van der Waals surface area contributed by atoms with Crippen molar-refractivity contribution in [1.82, 2.24) is 19.7 Å². The van der Waals surface area contributed by atoms with Crippen molar-refractivity contribution in [3.63, 3.8) is 0 Å². The van der Waals surface area contributed by atoms with Gasteiger partial charge in [0.25, 0.3) is 0 Å². The predicted octanol–water partition coefficient (Wildman–Crippen LogP) is 2.31. The van der Waals surface area contributed by atoms with E-state index in [1.165, 1.54) is 6.33 Å². The highest BCUT2D eigenvalue weighted by Crippen LogP contribution is 2.32. The molecule has 0 bridgehead atoms. The molecule has 0 unspecified atom stereocenters. The average molecular weight is 268 g/mol. The van der Waals surface area contributed by atoms with Crippen LogP contribution in [0.1, 0.15) is 13.3 Å². The molecule has 7 nitrogen and oxygen atoms in total. The molecule has 0 saturated carbocycles. The third-order valence-corrected chi connectivity index (χ3v) is 2.63. The second-order valence-corrected chi connectivity index (χ2v) is 3.92. The Labute approximate surface area is 108 Å². The van der Waals surface area contributed by atoms with Gasteiger partial charge in [0, 0.05) is 12.7 Å². The van der Waals surface area contributed by atoms with Crippen LogP contribution in [0.25, 0.3) is 11.4 Å². The summed E-state index contributed by atoms with van der Waals surface area (Å²) in [5.41, 5.74) is 0.454. The molecule has 8 heteroatoms. The number of hydrogen-bond acceptors (Lipinski definition) is 5. The second-order valence-electron chi connectivity index (χ2n) is 3.56. The molecule has 0 aliphatic rings. The first kappa shape index (κ1) is 12.4. The first-order valence-electron chi connectivity index (χ1n) is 5.32. The third-order valence-electron chi connectivity index (χ3n) is 2.35. The Morgan fingerprint density at radius 3 is 2.94 bits per heavy atom. The van der Waals surface area contributed by atoms with Gasteiger partial charge in [0.15, 0.2) is 5.69 Å². The fourth-order valence-electron chi connectivity index (χ4n) is 1.63. The Balaban J connectivity index is 2.60. The van der Waals surface area contributed by atoms with E-state index in [0.717, 1.165) is 6.42 Å². The van der Waals surface area contributed by atoms with Crippen LogP contribution in [-0.2, 0) is 6.54 Å². The van der Waals surface area contributed by atoms with Gasteiger partial charge < -0.3 is 0 Å². The van der Waals surface area contributed by atoms with E-state index < -0.39 is 4.92 Å². The van der Waals surface area contributed by atoms with Gasteiger partial charge in [0.05, 0.1) is 10.6 Å². The summed E-state index contributed by atoms with van der Waals surface area (Å²) in [4.78, 5) is 18.0. The third kappa shape index (κ3) is 2.17. The Kier molecular flexibility index (Phi) is 3.52. The fourth-order valence-corrected chi connectivity index (χ4v) is 1.83. The van der Waals surface area contributed by atoms with E-state index in [4.69, 9.17) is 11.6 Å². The first-order chi connectivity index (χ1) is 8.65. The fraction of sp³-hybridized carbons (Fsp3) is 0.300. The maximum atomic E-state index is 11.0. The lowest BCUT2D eigenvalue weighted by Crippen LogP contribution is -2.05. The molecule has 18 heavy (non-hydrogen) atoms. The highest BCUT2D eigenvalue weighted by molar-refractivity contribution is 6.31. The Morgan fingerprint density at radius 1 is 1.50 bits per heavy atom. The summed E-state index contributed by atoms with van der Waals surface area (Å²) in [7, 11) is 0. The summed E-state index contributed by atoms with van der Waals surface area (Å²) >= 11 is 5.75. The molecule has 94 valence electrons. The van der Waals surface area contributed by atoms with Crippen molar-refractivity contribution in [2.75, 3.05) is 0 Å². The number of hydrogen-bond donors (Lipinski definition) is 0. The van der Waals surface area contributed by atoms with E-state index in [-0.39, 0.29) is 16.5 Å². The van der Waals surface area contributed by atoms with Crippen LogP contribution in [0.2, 0.25) is 5.15 Å². The van der Waals surface area contributed by atoms with Crippen molar-refractivity contribution in [3.8, 4) is 11.4 Å². The van der Waals surface area contributed by atoms with E-state index >= 15 is 0 Å². The van der Waals surface area contributed by atoms with Crippen molar-refractivity contribution in [1.29, 1.82) is 0 Å². The van der Waals surface area contributed by atoms with Crippen molar-refractivity contribution in [2.24, 2.45) is 0 Å². The standard InChI is InChI=1S/C10H10ClN5O2/c1-2-5-15-7(3-4-14-15)8-9(16(17)18)10(11)13-6-12-8/h3-4,6H,2,5H2,1H3.